The summed E-state index contributed by atoms with van der Waals surface area (Å²) in [6.45, 7) is 1.61. The van der Waals surface area contributed by atoms with Crippen molar-refractivity contribution in [3.8, 4) is 0 Å². The lowest BCUT2D eigenvalue weighted by Crippen LogP contribution is -2.38. The minimum Gasteiger partial charge on any atom is -0.323 e. The largest absolute Gasteiger partial charge is 0.323 e. The van der Waals surface area contributed by atoms with Crippen LogP contribution in [-0.4, -0.2) is 19.4 Å². The number of sulfone groups is 1. The first-order valence-corrected chi connectivity index (χ1v) is 8.35. The lowest BCUT2D eigenvalue weighted by atomic mass is 9.98. The Morgan fingerprint density at radius 2 is 2.11 bits per heavy atom. The maximum Gasteiger partial charge on any atom is 0.155 e. The van der Waals surface area contributed by atoms with Crippen molar-refractivity contribution in [1.29, 1.82) is 0 Å². The van der Waals surface area contributed by atoms with Gasteiger partial charge in [-0.15, -0.1) is 0 Å². The van der Waals surface area contributed by atoms with Gasteiger partial charge in [-0.05, 0) is 37.0 Å². The van der Waals surface area contributed by atoms with Gasteiger partial charge < -0.3 is 5.73 Å². The molecule has 19 heavy (non-hydrogen) atoms. The van der Waals surface area contributed by atoms with Crippen molar-refractivity contribution < 1.29 is 12.8 Å². The third-order valence-corrected chi connectivity index (χ3v) is 6.30. The predicted octanol–water partition coefficient (Wildman–Crippen LogP) is 2.75. The van der Waals surface area contributed by atoms with E-state index in [9.17, 15) is 12.8 Å². The van der Waals surface area contributed by atoms with Gasteiger partial charge >= 0.3 is 0 Å². The fraction of sp³-hybridized carbons (Fsp3) is 0.538. The van der Waals surface area contributed by atoms with Crippen LogP contribution in [0, 0.1) is 12.7 Å². The molecular weight excluding hydrogens is 289 g/mol. The van der Waals surface area contributed by atoms with Crippen molar-refractivity contribution in [3.05, 3.63) is 34.1 Å². The monoisotopic (exact) mass is 305 g/mol. The zero-order valence-electron chi connectivity index (χ0n) is 10.7. The average molecular weight is 306 g/mol. The lowest BCUT2D eigenvalue weighted by molar-refractivity contribution is 0.504. The smallest absolute Gasteiger partial charge is 0.155 e. The van der Waals surface area contributed by atoms with Crippen LogP contribution >= 0.6 is 11.6 Å². The van der Waals surface area contributed by atoms with Gasteiger partial charge in [-0.1, -0.05) is 24.1 Å². The Morgan fingerprint density at radius 3 is 2.74 bits per heavy atom. The molecule has 0 aliphatic carbocycles. The second kappa shape index (κ2) is 5.38. The summed E-state index contributed by atoms with van der Waals surface area (Å²) < 4.78 is 37.5. The van der Waals surface area contributed by atoms with Gasteiger partial charge in [0.25, 0.3) is 0 Å². The topological polar surface area (TPSA) is 60.2 Å². The second-order valence-corrected chi connectivity index (χ2v) is 7.80. The van der Waals surface area contributed by atoms with E-state index < -0.39 is 26.9 Å². The second-order valence-electron chi connectivity index (χ2n) is 5.05. The summed E-state index contributed by atoms with van der Waals surface area (Å²) in [5.74, 6) is -0.240. The van der Waals surface area contributed by atoms with Crippen molar-refractivity contribution in [1.82, 2.24) is 0 Å². The molecule has 2 atom stereocenters. The molecule has 3 nitrogen and oxygen atoms in total. The number of hydrogen-bond acceptors (Lipinski definition) is 3. The van der Waals surface area contributed by atoms with Gasteiger partial charge in [0.2, 0.25) is 0 Å². The summed E-state index contributed by atoms with van der Waals surface area (Å²) >= 11 is 5.99. The Balaban J connectivity index is 2.39. The molecule has 1 fully saturated rings. The van der Waals surface area contributed by atoms with E-state index in [1.165, 1.54) is 6.07 Å². The number of halogens is 2. The maximum absolute atomic E-state index is 13.4. The molecule has 0 saturated carbocycles. The molecule has 0 amide bonds. The first kappa shape index (κ1) is 14.8. The number of benzene rings is 1. The third kappa shape index (κ3) is 2.93. The summed E-state index contributed by atoms with van der Waals surface area (Å²) in [5.41, 5.74) is 7.01. The minimum atomic E-state index is -3.19. The fourth-order valence-corrected chi connectivity index (χ4v) is 4.82. The molecular formula is C13H17ClFNO2S. The molecule has 0 bridgehead atoms. The van der Waals surface area contributed by atoms with Crippen molar-refractivity contribution >= 4 is 21.4 Å². The van der Waals surface area contributed by atoms with Crippen LogP contribution in [0.4, 0.5) is 4.39 Å². The van der Waals surface area contributed by atoms with Crippen LogP contribution < -0.4 is 5.73 Å². The summed E-state index contributed by atoms with van der Waals surface area (Å²) in [6, 6.07) is 2.05. The molecule has 1 aliphatic heterocycles. The Hall–Kier alpha value is -0.650. The first-order valence-electron chi connectivity index (χ1n) is 6.25. The Kier molecular flexibility index (Phi) is 4.18. The maximum atomic E-state index is 13.4. The quantitative estimate of drug-likeness (QED) is 0.914. The molecule has 6 heteroatoms. The number of rotatable bonds is 2. The highest BCUT2D eigenvalue weighted by Crippen LogP contribution is 2.33. The van der Waals surface area contributed by atoms with Crippen LogP contribution in [0.25, 0.3) is 0 Å². The molecule has 2 unspecified atom stereocenters. The number of hydrogen-bond donors (Lipinski definition) is 1. The van der Waals surface area contributed by atoms with E-state index in [-0.39, 0.29) is 10.8 Å². The van der Waals surface area contributed by atoms with E-state index in [4.69, 9.17) is 17.3 Å². The molecule has 106 valence electrons. The van der Waals surface area contributed by atoms with Gasteiger partial charge in [0.05, 0.1) is 11.0 Å². The molecule has 2 N–H and O–H groups in total. The van der Waals surface area contributed by atoms with Crippen molar-refractivity contribution in [2.24, 2.45) is 5.73 Å². The molecule has 1 aromatic rings. The molecule has 0 aromatic heterocycles. The third-order valence-electron chi connectivity index (χ3n) is 3.67. The van der Waals surface area contributed by atoms with Gasteiger partial charge in [-0.3, -0.25) is 0 Å². The molecule has 1 saturated heterocycles. The number of nitrogens with two attached hydrogens (primary N) is 1. The van der Waals surface area contributed by atoms with Crippen LogP contribution in [0.5, 0.6) is 0 Å². The van der Waals surface area contributed by atoms with Gasteiger partial charge in [0.15, 0.2) is 9.84 Å². The van der Waals surface area contributed by atoms with E-state index in [0.29, 0.717) is 24.0 Å². The lowest BCUT2D eigenvalue weighted by Gasteiger charge is -2.28. The Morgan fingerprint density at radius 1 is 1.42 bits per heavy atom. The summed E-state index contributed by atoms with van der Waals surface area (Å²) in [7, 11) is -3.19. The molecule has 1 heterocycles. The van der Waals surface area contributed by atoms with Crippen molar-refractivity contribution in [2.75, 3.05) is 5.75 Å². The highest BCUT2D eigenvalue weighted by molar-refractivity contribution is 7.92. The highest BCUT2D eigenvalue weighted by atomic mass is 35.5. The Bertz CT molecular complexity index is 589. The van der Waals surface area contributed by atoms with Crippen molar-refractivity contribution in [3.63, 3.8) is 0 Å². The van der Waals surface area contributed by atoms with Gasteiger partial charge in [-0.25, -0.2) is 12.8 Å². The summed E-state index contributed by atoms with van der Waals surface area (Å²) in [5, 5.41) is -0.431. The normalized spacial score (nSPS) is 24.1. The highest BCUT2D eigenvalue weighted by Gasteiger charge is 2.35. The molecule has 1 aromatic carbocycles. The average Bonchev–Trinajstić information content (AvgIpc) is 2.32. The van der Waals surface area contributed by atoms with Gasteiger partial charge in [0, 0.05) is 11.1 Å². The van der Waals surface area contributed by atoms with E-state index in [0.717, 1.165) is 6.42 Å². The number of aryl methyl sites for hydroxylation is 1. The molecule has 0 radical (unpaired) electrons. The standard InChI is InChI=1S/C13H17ClFNO2S/c1-8-6-9(10(14)7-11(8)15)13(16)12-4-2-3-5-19(12,17)18/h6-7,12-13H,2-5,16H2,1H3. The predicted molar refractivity (Wildman–Crippen MR) is 74.5 cm³/mol. The molecule has 2 rings (SSSR count). The van der Waals surface area contributed by atoms with Crippen LogP contribution in [0.3, 0.4) is 0 Å². The molecule has 1 aliphatic rings. The molecule has 0 spiro atoms. The zero-order valence-corrected chi connectivity index (χ0v) is 12.3. The summed E-state index contributed by atoms with van der Waals surface area (Å²) in [4.78, 5) is 0. The van der Waals surface area contributed by atoms with Gasteiger partial charge in [0.1, 0.15) is 5.82 Å². The summed E-state index contributed by atoms with van der Waals surface area (Å²) in [6.07, 6.45) is 2.06. The minimum absolute atomic E-state index is 0.170. The van der Waals surface area contributed by atoms with Crippen LogP contribution in [0.2, 0.25) is 5.02 Å². The van der Waals surface area contributed by atoms with Crippen LogP contribution in [0.15, 0.2) is 12.1 Å². The van der Waals surface area contributed by atoms with E-state index in [1.807, 2.05) is 0 Å². The van der Waals surface area contributed by atoms with E-state index in [1.54, 1.807) is 13.0 Å². The van der Waals surface area contributed by atoms with E-state index in [2.05, 4.69) is 0 Å². The zero-order chi connectivity index (χ0) is 14.2. The fourth-order valence-electron chi connectivity index (χ4n) is 2.52. The van der Waals surface area contributed by atoms with Crippen LogP contribution in [0.1, 0.15) is 36.4 Å². The van der Waals surface area contributed by atoms with Crippen molar-refractivity contribution in [2.45, 2.75) is 37.5 Å². The Labute approximate surface area is 117 Å². The first-order chi connectivity index (χ1) is 8.83. The van der Waals surface area contributed by atoms with Gasteiger partial charge in [-0.2, -0.15) is 0 Å². The van der Waals surface area contributed by atoms with Crippen LogP contribution in [-0.2, 0) is 9.84 Å². The van der Waals surface area contributed by atoms with E-state index >= 15 is 0 Å². The SMILES string of the molecule is Cc1cc(C(N)C2CCCCS2(=O)=O)c(Cl)cc1F.